The zero-order chi connectivity index (χ0) is 26.9. The summed E-state index contributed by atoms with van der Waals surface area (Å²) in [6.45, 7) is 10.9. The van der Waals surface area contributed by atoms with Gasteiger partial charge in [-0.2, -0.15) is 0 Å². The maximum atomic E-state index is 13.5. The van der Waals surface area contributed by atoms with Gasteiger partial charge in [0.1, 0.15) is 6.04 Å². The molecule has 36 heavy (non-hydrogen) atoms. The summed E-state index contributed by atoms with van der Waals surface area (Å²) in [6, 6.07) is 14.5. The van der Waals surface area contributed by atoms with E-state index in [-0.39, 0.29) is 24.8 Å². The highest BCUT2D eigenvalue weighted by molar-refractivity contribution is 7.92. The van der Waals surface area contributed by atoms with Gasteiger partial charge in [0.25, 0.3) is 0 Å². The molecule has 0 spiro atoms. The first-order valence-corrected chi connectivity index (χ1v) is 14.5. The summed E-state index contributed by atoms with van der Waals surface area (Å²) >= 11 is 0. The molecule has 0 bridgehead atoms. The van der Waals surface area contributed by atoms with Gasteiger partial charge in [-0.1, -0.05) is 63.2 Å². The van der Waals surface area contributed by atoms with Gasteiger partial charge in [-0.3, -0.25) is 13.9 Å². The summed E-state index contributed by atoms with van der Waals surface area (Å²) in [6.07, 6.45) is 2.14. The first-order chi connectivity index (χ1) is 17.0. The first-order valence-electron chi connectivity index (χ1n) is 12.6. The lowest BCUT2D eigenvalue weighted by Gasteiger charge is -2.32. The van der Waals surface area contributed by atoms with Crippen molar-refractivity contribution in [3.8, 4) is 0 Å². The molecule has 198 valence electrons. The Morgan fingerprint density at radius 1 is 0.972 bits per heavy atom. The Balaban J connectivity index is 2.23. The number of sulfonamides is 1. The molecule has 0 aliphatic heterocycles. The topological polar surface area (TPSA) is 86.8 Å². The monoisotopic (exact) mass is 515 g/mol. The number of hydrogen-bond acceptors (Lipinski definition) is 4. The van der Waals surface area contributed by atoms with Crippen LogP contribution in [0.1, 0.15) is 56.7 Å². The molecular weight excluding hydrogens is 474 g/mol. The van der Waals surface area contributed by atoms with Crippen LogP contribution in [0.4, 0.5) is 5.69 Å². The fourth-order valence-electron chi connectivity index (χ4n) is 4.14. The Kier molecular flexibility index (Phi) is 11.0. The molecule has 1 atom stereocenters. The van der Waals surface area contributed by atoms with Crippen LogP contribution >= 0.6 is 0 Å². The van der Waals surface area contributed by atoms with E-state index in [1.807, 2.05) is 71.0 Å². The van der Waals surface area contributed by atoms with E-state index in [9.17, 15) is 18.0 Å². The third-order valence-corrected chi connectivity index (χ3v) is 7.39. The SMILES string of the molecule is CC[C@@H](C(=O)NCC(C)C)N(Cc1ccccc1C)C(=O)CCCN(c1ccccc1C)S(C)(=O)=O. The molecule has 7 nitrogen and oxygen atoms in total. The predicted octanol–water partition coefficient (Wildman–Crippen LogP) is 4.43. The Hall–Kier alpha value is -2.87. The van der Waals surface area contributed by atoms with Crippen molar-refractivity contribution in [2.45, 2.75) is 66.5 Å². The van der Waals surface area contributed by atoms with Crippen molar-refractivity contribution >= 4 is 27.5 Å². The van der Waals surface area contributed by atoms with Crippen molar-refractivity contribution in [1.82, 2.24) is 10.2 Å². The van der Waals surface area contributed by atoms with Crippen LogP contribution in [-0.4, -0.2) is 50.5 Å². The predicted molar refractivity (Wildman–Crippen MR) is 146 cm³/mol. The Labute approximate surface area is 216 Å². The van der Waals surface area contributed by atoms with Crippen LogP contribution in [0, 0.1) is 19.8 Å². The maximum absolute atomic E-state index is 13.5. The molecule has 8 heteroatoms. The second-order valence-corrected chi connectivity index (χ2v) is 11.6. The minimum absolute atomic E-state index is 0.137. The zero-order valence-corrected chi connectivity index (χ0v) is 23.3. The average molecular weight is 516 g/mol. The van der Waals surface area contributed by atoms with E-state index in [0.717, 1.165) is 16.7 Å². The third kappa shape index (κ3) is 8.36. The Morgan fingerprint density at radius 2 is 1.58 bits per heavy atom. The van der Waals surface area contributed by atoms with Crippen LogP contribution in [0.3, 0.4) is 0 Å². The molecule has 0 aromatic heterocycles. The summed E-state index contributed by atoms with van der Waals surface area (Å²) in [4.78, 5) is 28.2. The minimum Gasteiger partial charge on any atom is -0.354 e. The number of aryl methyl sites for hydroxylation is 2. The molecule has 0 saturated heterocycles. The number of amides is 2. The molecule has 2 aromatic rings. The fraction of sp³-hybridized carbons (Fsp3) is 0.500. The zero-order valence-electron chi connectivity index (χ0n) is 22.5. The standard InChI is InChI=1S/C28H41N3O4S/c1-7-25(28(33)29-19-21(2)3)30(20-24-15-10-8-13-22(24)4)27(32)17-12-18-31(36(6,34)35)26-16-11-9-14-23(26)5/h8-11,13-16,21,25H,7,12,17-20H2,1-6H3,(H,29,33)/t25-/m0/s1. The molecule has 0 saturated carbocycles. The lowest BCUT2D eigenvalue weighted by Crippen LogP contribution is -2.49. The van der Waals surface area contributed by atoms with Gasteiger partial charge in [-0.05, 0) is 55.4 Å². The largest absolute Gasteiger partial charge is 0.354 e. The van der Waals surface area contributed by atoms with Crippen molar-refractivity contribution in [3.63, 3.8) is 0 Å². The number of carbonyl (C=O) groups excluding carboxylic acids is 2. The molecule has 0 fully saturated rings. The summed E-state index contributed by atoms with van der Waals surface area (Å²) < 4.78 is 26.4. The van der Waals surface area contributed by atoms with E-state index < -0.39 is 16.1 Å². The summed E-state index contributed by atoms with van der Waals surface area (Å²) in [7, 11) is -3.52. The van der Waals surface area contributed by atoms with E-state index in [0.29, 0.717) is 37.5 Å². The highest BCUT2D eigenvalue weighted by atomic mass is 32.2. The Bertz CT molecular complexity index is 1130. The van der Waals surface area contributed by atoms with E-state index in [1.54, 1.807) is 17.0 Å². The number of nitrogens with zero attached hydrogens (tertiary/aromatic N) is 2. The van der Waals surface area contributed by atoms with Crippen molar-refractivity contribution in [3.05, 3.63) is 65.2 Å². The van der Waals surface area contributed by atoms with Gasteiger partial charge in [0, 0.05) is 26.1 Å². The van der Waals surface area contributed by atoms with Gasteiger partial charge < -0.3 is 10.2 Å². The van der Waals surface area contributed by atoms with Gasteiger partial charge in [0.05, 0.1) is 11.9 Å². The molecule has 0 aliphatic carbocycles. The molecule has 2 aromatic carbocycles. The van der Waals surface area contributed by atoms with Crippen molar-refractivity contribution in [2.75, 3.05) is 23.7 Å². The second-order valence-electron chi connectivity index (χ2n) is 9.74. The molecule has 0 heterocycles. The van der Waals surface area contributed by atoms with Gasteiger partial charge in [0.15, 0.2) is 0 Å². The van der Waals surface area contributed by atoms with Gasteiger partial charge in [-0.15, -0.1) is 0 Å². The normalized spacial score (nSPS) is 12.3. The van der Waals surface area contributed by atoms with Crippen molar-refractivity contribution in [1.29, 1.82) is 0 Å². The Morgan fingerprint density at radius 3 is 2.14 bits per heavy atom. The van der Waals surface area contributed by atoms with Gasteiger partial charge in [-0.25, -0.2) is 8.42 Å². The highest BCUT2D eigenvalue weighted by Gasteiger charge is 2.29. The quantitative estimate of drug-likeness (QED) is 0.428. The summed E-state index contributed by atoms with van der Waals surface area (Å²) in [5, 5.41) is 2.97. The molecule has 0 aliphatic rings. The molecule has 0 unspecified atom stereocenters. The van der Waals surface area contributed by atoms with Crippen LogP contribution in [0.25, 0.3) is 0 Å². The van der Waals surface area contributed by atoms with Crippen LogP contribution < -0.4 is 9.62 Å². The number of benzene rings is 2. The smallest absolute Gasteiger partial charge is 0.242 e. The maximum Gasteiger partial charge on any atom is 0.242 e. The third-order valence-electron chi connectivity index (χ3n) is 6.21. The minimum atomic E-state index is -3.52. The number of para-hydroxylation sites is 1. The molecular formula is C28H41N3O4S. The lowest BCUT2D eigenvalue weighted by atomic mass is 10.0. The highest BCUT2D eigenvalue weighted by Crippen LogP contribution is 2.23. The van der Waals surface area contributed by atoms with E-state index in [2.05, 4.69) is 5.32 Å². The van der Waals surface area contributed by atoms with Crippen molar-refractivity contribution < 1.29 is 18.0 Å². The number of rotatable bonds is 13. The van der Waals surface area contributed by atoms with Crippen LogP contribution in [0.2, 0.25) is 0 Å². The number of hydrogen-bond donors (Lipinski definition) is 1. The number of nitrogens with one attached hydrogen (secondary N) is 1. The second kappa shape index (κ2) is 13.4. The first kappa shape index (κ1) is 29.4. The van der Waals surface area contributed by atoms with E-state index in [4.69, 9.17) is 0 Å². The van der Waals surface area contributed by atoms with Gasteiger partial charge in [0.2, 0.25) is 21.8 Å². The molecule has 0 radical (unpaired) electrons. The number of anilines is 1. The van der Waals surface area contributed by atoms with Crippen LogP contribution in [-0.2, 0) is 26.2 Å². The summed E-state index contributed by atoms with van der Waals surface area (Å²) in [5.74, 6) is -0.0239. The molecule has 2 amide bonds. The molecule has 2 rings (SSSR count). The average Bonchev–Trinajstić information content (AvgIpc) is 2.81. The van der Waals surface area contributed by atoms with E-state index in [1.165, 1.54) is 10.6 Å². The van der Waals surface area contributed by atoms with Gasteiger partial charge >= 0.3 is 0 Å². The molecule has 1 N–H and O–H groups in total. The lowest BCUT2D eigenvalue weighted by molar-refractivity contribution is -0.141. The van der Waals surface area contributed by atoms with Crippen molar-refractivity contribution in [2.24, 2.45) is 5.92 Å². The van der Waals surface area contributed by atoms with Crippen LogP contribution in [0.15, 0.2) is 48.5 Å². The number of carbonyl (C=O) groups is 2. The summed E-state index contributed by atoms with van der Waals surface area (Å²) in [5.41, 5.74) is 3.50. The fourth-order valence-corrected chi connectivity index (χ4v) is 5.16. The van der Waals surface area contributed by atoms with Crippen LogP contribution in [0.5, 0.6) is 0 Å². The van der Waals surface area contributed by atoms with E-state index >= 15 is 0 Å².